The Morgan fingerprint density at radius 3 is 2.85 bits per heavy atom. The summed E-state index contributed by atoms with van der Waals surface area (Å²) < 4.78 is 10.3. The first-order chi connectivity index (χ1) is 13.0. The SMILES string of the molecule is COc1ccc2cc(C(=O)OCC(=O)Nc3sccc3C#N)c(C)nc2c1. The van der Waals surface area contributed by atoms with Crippen LogP contribution in [0.5, 0.6) is 5.75 Å². The van der Waals surface area contributed by atoms with Gasteiger partial charge in [0, 0.05) is 11.5 Å². The second-order valence-electron chi connectivity index (χ2n) is 5.58. The minimum atomic E-state index is -0.639. The van der Waals surface area contributed by atoms with Gasteiger partial charge in [0.05, 0.1) is 29.4 Å². The van der Waals surface area contributed by atoms with Gasteiger partial charge in [-0.05, 0) is 36.6 Å². The molecule has 0 spiro atoms. The van der Waals surface area contributed by atoms with E-state index < -0.39 is 18.5 Å². The number of fused-ring (bicyclic) bond motifs is 1. The Kier molecular flexibility index (Phi) is 5.33. The molecule has 0 fully saturated rings. The fourth-order valence-electron chi connectivity index (χ4n) is 2.44. The van der Waals surface area contributed by atoms with E-state index in [0.717, 1.165) is 5.39 Å². The summed E-state index contributed by atoms with van der Waals surface area (Å²) in [7, 11) is 1.57. The molecule has 2 aromatic heterocycles. The van der Waals surface area contributed by atoms with Crippen molar-refractivity contribution in [2.24, 2.45) is 0 Å². The maximum atomic E-state index is 12.3. The highest BCUT2D eigenvalue weighted by atomic mass is 32.1. The Morgan fingerprint density at radius 1 is 1.30 bits per heavy atom. The first-order valence-electron chi connectivity index (χ1n) is 7.92. The summed E-state index contributed by atoms with van der Waals surface area (Å²) in [5.74, 6) is -0.482. The first-order valence-corrected chi connectivity index (χ1v) is 8.79. The second kappa shape index (κ2) is 7.85. The van der Waals surface area contributed by atoms with E-state index in [9.17, 15) is 9.59 Å². The maximum absolute atomic E-state index is 12.3. The van der Waals surface area contributed by atoms with Crippen LogP contribution >= 0.6 is 11.3 Å². The second-order valence-corrected chi connectivity index (χ2v) is 6.50. The number of methoxy groups -OCH3 is 1. The van der Waals surface area contributed by atoms with Gasteiger partial charge in [-0.1, -0.05) is 0 Å². The van der Waals surface area contributed by atoms with Crippen LogP contribution in [0.25, 0.3) is 10.9 Å². The summed E-state index contributed by atoms with van der Waals surface area (Å²) in [4.78, 5) is 28.7. The van der Waals surface area contributed by atoms with Gasteiger partial charge in [0.25, 0.3) is 5.91 Å². The quantitative estimate of drug-likeness (QED) is 0.681. The number of esters is 1. The number of hydrogen-bond donors (Lipinski definition) is 1. The molecule has 0 saturated heterocycles. The molecule has 27 heavy (non-hydrogen) atoms. The Hall–Kier alpha value is -3.44. The molecule has 1 N–H and O–H groups in total. The van der Waals surface area contributed by atoms with Gasteiger partial charge in [-0.3, -0.25) is 9.78 Å². The number of benzene rings is 1. The minimum absolute atomic E-state index is 0.286. The number of nitrogens with one attached hydrogen (secondary N) is 1. The van der Waals surface area contributed by atoms with Crippen LogP contribution in [0, 0.1) is 18.3 Å². The van der Waals surface area contributed by atoms with Crippen LogP contribution in [-0.4, -0.2) is 30.6 Å². The summed E-state index contributed by atoms with van der Waals surface area (Å²) >= 11 is 1.22. The van der Waals surface area contributed by atoms with E-state index in [4.69, 9.17) is 14.7 Å². The fourth-order valence-corrected chi connectivity index (χ4v) is 3.20. The summed E-state index contributed by atoms with van der Waals surface area (Å²) in [5, 5.41) is 14.4. The van der Waals surface area contributed by atoms with Crippen molar-refractivity contribution in [1.29, 1.82) is 5.26 Å². The zero-order valence-corrected chi connectivity index (χ0v) is 15.4. The Bertz CT molecular complexity index is 1070. The number of carbonyl (C=O) groups is 2. The lowest BCUT2D eigenvalue weighted by molar-refractivity contribution is -0.119. The number of carbonyl (C=O) groups excluding carboxylic acids is 2. The lowest BCUT2D eigenvalue weighted by atomic mass is 10.1. The average molecular weight is 381 g/mol. The van der Waals surface area contributed by atoms with Crippen molar-refractivity contribution in [2.75, 3.05) is 19.0 Å². The number of thiophene rings is 1. The Morgan fingerprint density at radius 2 is 2.11 bits per heavy atom. The standard InChI is InChI=1S/C19H15N3O4S/c1-11-15(7-12-3-4-14(25-2)8-16(12)21-11)19(24)26-10-17(23)22-18-13(9-20)5-6-27-18/h3-8H,10H2,1-2H3,(H,22,23). The first kappa shape index (κ1) is 18.4. The molecule has 0 aliphatic carbocycles. The van der Waals surface area contributed by atoms with Crippen LogP contribution in [0.3, 0.4) is 0 Å². The van der Waals surface area contributed by atoms with E-state index in [2.05, 4.69) is 10.3 Å². The number of nitrogens with zero attached hydrogens (tertiary/aromatic N) is 2. The van der Waals surface area contributed by atoms with Gasteiger partial charge < -0.3 is 14.8 Å². The van der Waals surface area contributed by atoms with Crippen LogP contribution < -0.4 is 10.1 Å². The molecule has 3 rings (SSSR count). The molecule has 0 bridgehead atoms. The molecule has 7 nitrogen and oxygen atoms in total. The number of amides is 1. The predicted octanol–water partition coefficient (Wildman–Crippen LogP) is 3.28. The molecular weight excluding hydrogens is 366 g/mol. The molecule has 8 heteroatoms. The van der Waals surface area contributed by atoms with E-state index in [1.807, 2.05) is 6.07 Å². The monoisotopic (exact) mass is 381 g/mol. The Balaban J connectivity index is 1.69. The molecule has 1 aromatic carbocycles. The highest BCUT2D eigenvalue weighted by molar-refractivity contribution is 7.14. The van der Waals surface area contributed by atoms with Gasteiger partial charge in [-0.2, -0.15) is 5.26 Å². The molecular formula is C19H15N3O4S. The van der Waals surface area contributed by atoms with E-state index in [1.54, 1.807) is 49.7 Å². The fraction of sp³-hybridized carbons (Fsp3) is 0.158. The lowest BCUT2D eigenvalue weighted by Crippen LogP contribution is -2.21. The number of anilines is 1. The summed E-state index contributed by atoms with van der Waals surface area (Å²) in [6, 6.07) is 10.6. The number of pyridine rings is 1. The normalized spacial score (nSPS) is 10.3. The van der Waals surface area contributed by atoms with Crippen molar-refractivity contribution >= 4 is 39.1 Å². The zero-order valence-electron chi connectivity index (χ0n) is 14.6. The third-order valence-electron chi connectivity index (χ3n) is 3.81. The number of aromatic nitrogens is 1. The van der Waals surface area contributed by atoms with Crippen molar-refractivity contribution in [3.63, 3.8) is 0 Å². The van der Waals surface area contributed by atoms with E-state index in [1.165, 1.54) is 11.3 Å². The zero-order chi connectivity index (χ0) is 19.4. The third-order valence-corrected chi connectivity index (χ3v) is 4.64. The van der Waals surface area contributed by atoms with E-state index >= 15 is 0 Å². The molecule has 136 valence electrons. The molecule has 0 atom stereocenters. The van der Waals surface area contributed by atoms with Gasteiger partial charge >= 0.3 is 5.97 Å². The minimum Gasteiger partial charge on any atom is -0.497 e. The number of aryl methyl sites for hydroxylation is 1. The molecule has 0 aliphatic heterocycles. The maximum Gasteiger partial charge on any atom is 0.340 e. The summed E-state index contributed by atoms with van der Waals surface area (Å²) in [6.07, 6.45) is 0. The van der Waals surface area contributed by atoms with Crippen molar-refractivity contribution in [3.8, 4) is 11.8 Å². The van der Waals surface area contributed by atoms with Crippen LogP contribution in [0.4, 0.5) is 5.00 Å². The average Bonchev–Trinajstić information content (AvgIpc) is 3.12. The molecule has 0 aliphatic rings. The number of nitriles is 1. The Labute approximate surface area is 159 Å². The van der Waals surface area contributed by atoms with E-state index in [0.29, 0.717) is 27.5 Å². The van der Waals surface area contributed by atoms with Crippen molar-refractivity contribution in [3.05, 3.63) is 52.5 Å². The molecule has 0 radical (unpaired) electrons. The van der Waals surface area contributed by atoms with E-state index in [-0.39, 0.29) is 5.56 Å². The third kappa shape index (κ3) is 4.04. The highest BCUT2D eigenvalue weighted by Gasteiger charge is 2.16. The molecule has 3 aromatic rings. The summed E-state index contributed by atoms with van der Waals surface area (Å²) in [5.41, 5.74) is 1.84. The molecule has 2 heterocycles. The van der Waals surface area contributed by atoms with Crippen LogP contribution in [0.1, 0.15) is 21.6 Å². The summed E-state index contributed by atoms with van der Waals surface area (Å²) in [6.45, 7) is 1.24. The predicted molar refractivity (Wildman–Crippen MR) is 101 cm³/mol. The van der Waals surface area contributed by atoms with Crippen LogP contribution in [-0.2, 0) is 9.53 Å². The van der Waals surface area contributed by atoms with Gasteiger partial charge in [0.15, 0.2) is 6.61 Å². The number of ether oxygens (including phenoxy) is 2. The molecule has 0 unspecified atom stereocenters. The number of rotatable bonds is 5. The largest absolute Gasteiger partial charge is 0.497 e. The van der Waals surface area contributed by atoms with Crippen LogP contribution in [0.15, 0.2) is 35.7 Å². The molecule has 0 saturated carbocycles. The smallest absolute Gasteiger partial charge is 0.340 e. The van der Waals surface area contributed by atoms with Gasteiger partial charge in [0.2, 0.25) is 0 Å². The van der Waals surface area contributed by atoms with Crippen molar-refractivity contribution < 1.29 is 19.1 Å². The highest BCUT2D eigenvalue weighted by Crippen LogP contribution is 2.23. The van der Waals surface area contributed by atoms with Crippen molar-refractivity contribution in [1.82, 2.24) is 4.98 Å². The topological polar surface area (TPSA) is 101 Å². The van der Waals surface area contributed by atoms with Crippen LogP contribution in [0.2, 0.25) is 0 Å². The molecule has 1 amide bonds. The van der Waals surface area contributed by atoms with Crippen molar-refractivity contribution in [2.45, 2.75) is 6.92 Å². The van der Waals surface area contributed by atoms with Gasteiger partial charge in [0.1, 0.15) is 16.8 Å². The number of hydrogen-bond acceptors (Lipinski definition) is 7. The van der Waals surface area contributed by atoms with Gasteiger partial charge in [-0.25, -0.2) is 4.79 Å². The lowest BCUT2D eigenvalue weighted by Gasteiger charge is -2.09. The van der Waals surface area contributed by atoms with Gasteiger partial charge in [-0.15, -0.1) is 11.3 Å².